The van der Waals surface area contributed by atoms with Crippen LogP contribution in [0.1, 0.15) is 99.7 Å². The van der Waals surface area contributed by atoms with E-state index < -0.39 is 0 Å². The Kier molecular flexibility index (Phi) is 8.06. The third-order valence-electron chi connectivity index (χ3n) is 15.3. The van der Waals surface area contributed by atoms with Gasteiger partial charge in [-0.3, -0.25) is 0 Å². The molecule has 2 nitrogen and oxygen atoms in total. The largest absolute Gasteiger partial charge is 0.485 e. The van der Waals surface area contributed by atoms with Crippen LogP contribution in [0.4, 0.5) is 5.69 Å². The van der Waals surface area contributed by atoms with Gasteiger partial charge in [0.2, 0.25) is 0 Å². The highest BCUT2D eigenvalue weighted by Gasteiger charge is 2.60. The van der Waals surface area contributed by atoms with Crippen LogP contribution >= 0.6 is 0 Å². The number of allylic oxidation sites excluding steroid dienone is 22. The molecule has 10 aliphatic rings. The van der Waals surface area contributed by atoms with Crippen LogP contribution in [-0.4, -0.2) is 12.1 Å². The summed E-state index contributed by atoms with van der Waals surface area (Å²) in [6.07, 6.45) is 53.2. The molecule has 7 unspecified atom stereocenters. The highest BCUT2D eigenvalue weighted by Crippen LogP contribution is 2.69. The molecule has 57 heavy (non-hydrogen) atoms. The summed E-state index contributed by atoms with van der Waals surface area (Å²) in [4.78, 5) is 2.81. The van der Waals surface area contributed by atoms with Crippen LogP contribution < -0.4 is 9.64 Å². The van der Waals surface area contributed by atoms with Crippen molar-refractivity contribution in [1.82, 2.24) is 0 Å². The van der Waals surface area contributed by atoms with E-state index in [9.17, 15) is 0 Å². The predicted octanol–water partition coefficient (Wildman–Crippen LogP) is 13.3. The fraction of sp³-hybridized carbons (Fsp3) is 0.345. The van der Waals surface area contributed by atoms with Crippen molar-refractivity contribution < 1.29 is 4.74 Å². The van der Waals surface area contributed by atoms with Crippen LogP contribution in [0.15, 0.2) is 179 Å². The molecule has 0 saturated heterocycles. The molecule has 2 aromatic carbocycles. The van der Waals surface area contributed by atoms with Crippen LogP contribution in [0, 0.1) is 17.8 Å². The zero-order valence-electron chi connectivity index (χ0n) is 33.1. The van der Waals surface area contributed by atoms with Crippen LogP contribution in [0.5, 0.6) is 5.75 Å². The van der Waals surface area contributed by atoms with Gasteiger partial charge in [-0.05, 0) is 158 Å². The normalized spacial score (nSPS) is 32.5. The Hall–Kier alpha value is -5.08. The Bertz CT molecular complexity index is 2440. The molecule has 0 bridgehead atoms. The average molecular weight is 744 g/mol. The Labute approximate surface area is 339 Å². The third-order valence-corrected chi connectivity index (χ3v) is 15.3. The SMILES string of the molecule is C1=CCCC(C2C=CC=C(N(c3ccc4c(c3)C3(C5=CCCC=C5C5CCC(C6=CCCC=C6)=CC53)C3=C4CCC=C3)C3CC=CC4Oc5ccccc5C43)C2)=C1. The van der Waals surface area contributed by atoms with Crippen molar-refractivity contribution in [2.75, 3.05) is 4.90 Å². The van der Waals surface area contributed by atoms with Gasteiger partial charge in [0.1, 0.15) is 11.9 Å². The number of nitrogens with zero attached hydrogens (tertiary/aromatic N) is 1. The first kappa shape index (κ1) is 34.0. The number of rotatable bonds is 5. The van der Waals surface area contributed by atoms with Gasteiger partial charge in [-0.25, -0.2) is 0 Å². The lowest BCUT2D eigenvalue weighted by molar-refractivity contribution is 0.231. The van der Waals surface area contributed by atoms with Gasteiger partial charge in [-0.2, -0.15) is 0 Å². The smallest absolute Gasteiger partial charge is 0.126 e. The highest BCUT2D eigenvalue weighted by atomic mass is 16.5. The number of ether oxygens (including phenoxy) is 1. The second-order valence-corrected chi connectivity index (χ2v) is 18.0. The lowest BCUT2D eigenvalue weighted by atomic mass is 9.62. The van der Waals surface area contributed by atoms with Gasteiger partial charge in [-0.15, -0.1) is 0 Å². The molecule has 1 spiro atoms. The summed E-state index contributed by atoms with van der Waals surface area (Å²) in [5, 5.41) is 0. The topological polar surface area (TPSA) is 12.5 Å². The molecular weight excluding hydrogens is 691 g/mol. The van der Waals surface area contributed by atoms with E-state index in [0.717, 1.165) is 63.5 Å². The summed E-state index contributed by atoms with van der Waals surface area (Å²) in [6, 6.07) is 16.9. The van der Waals surface area contributed by atoms with Crippen molar-refractivity contribution in [2.45, 2.75) is 101 Å². The maximum absolute atomic E-state index is 6.72. The number of hydrogen-bond acceptors (Lipinski definition) is 2. The molecule has 0 aromatic heterocycles. The van der Waals surface area contributed by atoms with E-state index in [0.29, 0.717) is 17.8 Å². The summed E-state index contributed by atoms with van der Waals surface area (Å²) in [5.41, 5.74) is 18.2. The second-order valence-electron chi connectivity index (χ2n) is 18.0. The van der Waals surface area contributed by atoms with Gasteiger partial charge in [-0.1, -0.05) is 115 Å². The zero-order chi connectivity index (χ0) is 37.5. The maximum Gasteiger partial charge on any atom is 0.126 e. The van der Waals surface area contributed by atoms with Crippen LogP contribution in [-0.2, 0) is 5.41 Å². The minimum Gasteiger partial charge on any atom is -0.485 e. The molecule has 1 fully saturated rings. The molecule has 12 rings (SSSR count). The van der Waals surface area contributed by atoms with Gasteiger partial charge in [0.15, 0.2) is 0 Å². The molecule has 284 valence electrons. The van der Waals surface area contributed by atoms with E-state index in [1.165, 1.54) is 47.3 Å². The number of benzene rings is 2. The molecule has 7 atom stereocenters. The predicted molar refractivity (Wildman–Crippen MR) is 235 cm³/mol. The van der Waals surface area contributed by atoms with Gasteiger partial charge < -0.3 is 9.64 Å². The van der Waals surface area contributed by atoms with E-state index in [4.69, 9.17) is 4.74 Å². The Balaban J connectivity index is 1.05. The van der Waals surface area contributed by atoms with Crippen molar-refractivity contribution in [1.29, 1.82) is 0 Å². The maximum atomic E-state index is 6.72. The molecule has 9 aliphatic carbocycles. The number of fused-ring (bicyclic) bond motifs is 12. The fourth-order valence-corrected chi connectivity index (χ4v) is 13.0. The van der Waals surface area contributed by atoms with Gasteiger partial charge >= 0.3 is 0 Å². The van der Waals surface area contributed by atoms with E-state index in [2.05, 4.69) is 145 Å². The molecule has 0 radical (unpaired) electrons. The van der Waals surface area contributed by atoms with Crippen molar-refractivity contribution in [3.63, 3.8) is 0 Å². The summed E-state index contributed by atoms with van der Waals surface area (Å²) in [7, 11) is 0. The van der Waals surface area contributed by atoms with Gasteiger partial charge in [0.25, 0.3) is 0 Å². The first-order valence-corrected chi connectivity index (χ1v) is 22.3. The summed E-state index contributed by atoms with van der Waals surface area (Å²) < 4.78 is 6.72. The third kappa shape index (κ3) is 5.14. The molecule has 1 heterocycles. The second kappa shape index (κ2) is 13.5. The van der Waals surface area contributed by atoms with Crippen molar-refractivity contribution in [3.8, 4) is 5.75 Å². The van der Waals surface area contributed by atoms with Crippen molar-refractivity contribution in [2.24, 2.45) is 17.8 Å². The molecule has 0 amide bonds. The molecule has 2 heteroatoms. The van der Waals surface area contributed by atoms with E-state index in [1.54, 1.807) is 39.0 Å². The molecule has 1 saturated carbocycles. The van der Waals surface area contributed by atoms with E-state index >= 15 is 0 Å². The van der Waals surface area contributed by atoms with Gasteiger partial charge in [0.05, 0.1) is 5.41 Å². The van der Waals surface area contributed by atoms with Crippen LogP contribution in [0.3, 0.4) is 0 Å². The van der Waals surface area contributed by atoms with Gasteiger partial charge in [0, 0.05) is 40.7 Å². The standard InChI is InChI=1S/C55H53NO/c1-3-15-36(16-4-1)38-19-13-20-40(33-38)56(51-26-14-28-53-54(51)46-23-9-12-27-52(46)57-53)41-30-32-45-43-22-8-11-25-48(43)55(50(45)35-41)47-24-10-7-21-42(47)44-31-29-39(34-49(44)55)37-17-5-2-6-18-37/h1,3,5,9,11-15,17-21,23-25,27-28,30,32,34-35,38,44,49,51,53-54H,2,4,6-8,10,16,22,26,29,31,33H2. The quantitative estimate of drug-likeness (QED) is 0.283. The minimum absolute atomic E-state index is 0.0508. The van der Waals surface area contributed by atoms with Crippen LogP contribution in [0.25, 0.3) is 5.57 Å². The monoisotopic (exact) mass is 743 g/mol. The average Bonchev–Trinajstić information content (AvgIpc) is 3.91. The number of anilines is 1. The number of hydrogen-bond donors (Lipinski definition) is 0. The molecule has 1 aliphatic heterocycles. The van der Waals surface area contributed by atoms with E-state index in [1.807, 2.05) is 0 Å². The number of para-hydroxylation sites is 1. The zero-order valence-corrected chi connectivity index (χ0v) is 33.1. The summed E-state index contributed by atoms with van der Waals surface area (Å²) >= 11 is 0. The Morgan fingerprint density at radius 3 is 2.61 bits per heavy atom. The summed E-state index contributed by atoms with van der Waals surface area (Å²) in [5.74, 6) is 2.71. The lowest BCUT2D eigenvalue weighted by Gasteiger charge is -2.43. The molecular formula is C55H53NO. The summed E-state index contributed by atoms with van der Waals surface area (Å²) in [6.45, 7) is 0. The Morgan fingerprint density at radius 2 is 1.68 bits per heavy atom. The Morgan fingerprint density at radius 1 is 0.772 bits per heavy atom. The minimum atomic E-state index is -0.161. The van der Waals surface area contributed by atoms with E-state index in [-0.39, 0.29) is 23.5 Å². The first-order valence-electron chi connectivity index (χ1n) is 22.3. The molecule has 0 N–H and O–H groups in total. The van der Waals surface area contributed by atoms with Crippen molar-refractivity contribution in [3.05, 3.63) is 196 Å². The molecule has 2 aromatic rings. The lowest BCUT2D eigenvalue weighted by Crippen LogP contribution is -2.44. The first-order chi connectivity index (χ1) is 28.3. The van der Waals surface area contributed by atoms with Crippen molar-refractivity contribution >= 4 is 11.3 Å². The highest BCUT2D eigenvalue weighted by molar-refractivity contribution is 5.89. The van der Waals surface area contributed by atoms with Crippen LogP contribution in [0.2, 0.25) is 0 Å². The fourth-order valence-electron chi connectivity index (χ4n) is 13.0.